The summed E-state index contributed by atoms with van der Waals surface area (Å²) in [6.45, 7) is 4.04. The van der Waals surface area contributed by atoms with Crippen molar-refractivity contribution >= 4 is 40.9 Å². The Balaban J connectivity index is 0. The van der Waals surface area contributed by atoms with Crippen LogP contribution in [-0.2, 0) is 23.9 Å². The first-order valence-corrected chi connectivity index (χ1v) is 7.10. The Kier molecular flexibility index (Phi) is 15.6. The zero-order chi connectivity index (χ0) is 16.0. The van der Waals surface area contributed by atoms with Crippen LogP contribution in [0.2, 0.25) is 0 Å². The van der Waals surface area contributed by atoms with Crippen molar-refractivity contribution in [3.8, 4) is 0 Å². The zero-order valence-electron chi connectivity index (χ0n) is 11.6. The molecule has 0 aromatic carbocycles. The molecule has 0 aromatic heterocycles. The average molecular weight is 331 g/mol. The van der Waals surface area contributed by atoms with Crippen molar-refractivity contribution in [2.24, 2.45) is 0 Å². The Hall–Kier alpha value is -0.850. The predicted octanol–water partition coefficient (Wildman–Crippen LogP) is 1.29. The number of halogens is 2. The normalized spacial score (nSPS) is 10.8. The molecule has 0 aliphatic carbocycles. The Morgan fingerprint density at radius 3 is 1.95 bits per heavy atom. The fourth-order valence-electron chi connectivity index (χ4n) is 0.887. The minimum absolute atomic E-state index is 0.0165. The van der Waals surface area contributed by atoms with Crippen LogP contribution in [-0.4, -0.2) is 53.9 Å². The van der Waals surface area contributed by atoms with E-state index in [0.717, 1.165) is 0 Å². The van der Waals surface area contributed by atoms with E-state index in [1.807, 2.05) is 0 Å². The number of rotatable bonds is 8. The highest BCUT2D eigenvalue weighted by Crippen LogP contribution is 1.96. The molecule has 0 bridgehead atoms. The third-order valence-electron chi connectivity index (χ3n) is 1.68. The highest BCUT2D eigenvalue weighted by Gasteiger charge is 2.09. The lowest BCUT2D eigenvalue weighted by Gasteiger charge is -2.04. The fraction of sp³-hybridized carbons (Fsp3) is 0.750. The van der Waals surface area contributed by atoms with Crippen molar-refractivity contribution in [1.82, 2.24) is 0 Å². The maximum absolute atomic E-state index is 10.6. The van der Waals surface area contributed by atoms with Gasteiger partial charge in [0.15, 0.2) is 5.78 Å². The third kappa shape index (κ3) is 15.2. The van der Waals surface area contributed by atoms with Gasteiger partial charge in [0.2, 0.25) is 0 Å². The van der Waals surface area contributed by atoms with Crippen molar-refractivity contribution < 1.29 is 29.0 Å². The summed E-state index contributed by atoms with van der Waals surface area (Å²) >= 11 is 10.4. The maximum Gasteiger partial charge on any atom is 0.313 e. The second-order valence-corrected chi connectivity index (χ2v) is 4.05. The van der Waals surface area contributed by atoms with E-state index < -0.39 is 18.0 Å². The first-order chi connectivity index (χ1) is 9.40. The molecule has 0 heterocycles. The van der Waals surface area contributed by atoms with Gasteiger partial charge in [-0.1, -0.05) is 0 Å². The maximum atomic E-state index is 10.6. The Bertz CT molecular complexity index is 296. The van der Waals surface area contributed by atoms with Crippen molar-refractivity contribution in [1.29, 1.82) is 0 Å². The van der Waals surface area contributed by atoms with Crippen LogP contribution in [0.15, 0.2) is 0 Å². The predicted molar refractivity (Wildman–Crippen MR) is 75.0 cm³/mol. The molecule has 0 amide bonds. The van der Waals surface area contributed by atoms with Gasteiger partial charge in [-0.25, -0.2) is 0 Å². The summed E-state index contributed by atoms with van der Waals surface area (Å²) in [5.74, 6) is -1.28. The Labute approximate surface area is 128 Å². The monoisotopic (exact) mass is 330 g/mol. The lowest BCUT2D eigenvalue weighted by Crippen LogP contribution is -2.16. The van der Waals surface area contributed by atoms with Gasteiger partial charge >= 0.3 is 11.9 Å². The minimum atomic E-state index is -0.777. The van der Waals surface area contributed by atoms with Crippen molar-refractivity contribution in [2.75, 3.05) is 25.0 Å². The van der Waals surface area contributed by atoms with E-state index in [1.54, 1.807) is 13.8 Å². The van der Waals surface area contributed by atoms with Gasteiger partial charge in [0, 0.05) is 5.88 Å². The fourth-order valence-corrected chi connectivity index (χ4v) is 1.09. The van der Waals surface area contributed by atoms with E-state index in [-0.39, 0.29) is 30.4 Å². The molecular weight excluding hydrogens is 311 g/mol. The lowest BCUT2D eigenvalue weighted by molar-refractivity contribution is -0.146. The first kappa shape index (κ1) is 21.4. The number of carbonyl (C=O) groups excluding carboxylic acids is 3. The third-order valence-corrected chi connectivity index (χ3v) is 2.34. The van der Waals surface area contributed by atoms with Crippen molar-refractivity contribution in [2.45, 2.75) is 32.8 Å². The van der Waals surface area contributed by atoms with E-state index in [4.69, 9.17) is 28.3 Å². The molecule has 6 nitrogen and oxygen atoms in total. The van der Waals surface area contributed by atoms with Crippen LogP contribution in [0, 0.1) is 0 Å². The standard InChI is InChI=1S/C6H11ClO3.C6H9ClO3/c2*1-2-10-6(9)3-5(8)4-7/h5,8H,2-4H2,1H3;2-4H2,1H3/t5-;/m0./s1. The van der Waals surface area contributed by atoms with Gasteiger partial charge in [0.05, 0.1) is 31.6 Å². The summed E-state index contributed by atoms with van der Waals surface area (Å²) in [5.41, 5.74) is 0. The molecule has 1 atom stereocenters. The number of alkyl halides is 2. The SMILES string of the molecule is CCOC(=O)CC(=O)CCl.CCOC(=O)C[C@H](O)CCl. The van der Waals surface area contributed by atoms with Crippen LogP contribution in [0.5, 0.6) is 0 Å². The number of aliphatic hydroxyl groups excluding tert-OH is 1. The molecular formula is C12H20Cl2O6. The molecule has 118 valence electrons. The molecule has 20 heavy (non-hydrogen) atoms. The van der Waals surface area contributed by atoms with Crippen LogP contribution in [0.4, 0.5) is 0 Å². The van der Waals surface area contributed by atoms with Gasteiger partial charge < -0.3 is 14.6 Å². The van der Waals surface area contributed by atoms with Crippen LogP contribution < -0.4 is 0 Å². The van der Waals surface area contributed by atoms with Gasteiger partial charge in [-0.3, -0.25) is 14.4 Å². The van der Waals surface area contributed by atoms with Gasteiger partial charge in [-0.15, -0.1) is 23.2 Å². The van der Waals surface area contributed by atoms with Gasteiger partial charge in [-0.2, -0.15) is 0 Å². The number of ketones is 1. The first-order valence-electron chi connectivity index (χ1n) is 6.04. The molecule has 0 unspecified atom stereocenters. The summed E-state index contributed by atoms with van der Waals surface area (Å²) in [5, 5.41) is 8.82. The van der Waals surface area contributed by atoms with E-state index in [1.165, 1.54) is 0 Å². The molecule has 0 aliphatic rings. The molecule has 0 spiro atoms. The van der Waals surface area contributed by atoms with E-state index in [0.29, 0.717) is 13.2 Å². The molecule has 1 N–H and O–H groups in total. The number of hydrogen-bond acceptors (Lipinski definition) is 6. The molecule has 0 aromatic rings. The summed E-state index contributed by atoms with van der Waals surface area (Å²) in [6.07, 6.45) is -1.00. The van der Waals surface area contributed by atoms with Crippen LogP contribution in [0.25, 0.3) is 0 Å². The highest BCUT2D eigenvalue weighted by atomic mass is 35.5. The van der Waals surface area contributed by atoms with Gasteiger partial charge in [0.1, 0.15) is 6.42 Å². The van der Waals surface area contributed by atoms with Crippen molar-refractivity contribution in [3.05, 3.63) is 0 Å². The number of aliphatic hydroxyl groups is 1. The average Bonchev–Trinajstić information content (AvgIpc) is 2.39. The summed E-state index contributed by atoms with van der Waals surface area (Å²) < 4.78 is 9.05. The second kappa shape index (κ2) is 14.6. The molecule has 0 aliphatic heterocycles. The molecule has 0 radical (unpaired) electrons. The van der Waals surface area contributed by atoms with Gasteiger partial charge in [-0.05, 0) is 13.8 Å². The number of carbonyl (C=O) groups is 3. The summed E-state index contributed by atoms with van der Waals surface area (Å²) in [4.78, 5) is 31.5. The zero-order valence-corrected chi connectivity index (χ0v) is 13.1. The highest BCUT2D eigenvalue weighted by molar-refractivity contribution is 6.28. The Morgan fingerprint density at radius 2 is 1.55 bits per heavy atom. The lowest BCUT2D eigenvalue weighted by atomic mass is 10.3. The van der Waals surface area contributed by atoms with Crippen molar-refractivity contribution in [3.63, 3.8) is 0 Å². The number of hydrogen-bond donors (Lipinski definition) is 1. The van der Waals surface area contributed by atoms with Crippen LogP contribution in [0.1, 0.15) is 26.7 Å². The molecule has 0 rings (SSSR count). The van der Waals surface area contributed by atoms with E-state index >= 15 is 0 Å². The van der Waals surface area contributed by atoms with Gasteiger partial charge in [0.25, 0.3) is 0 Å². The largest absolute Gasteiger partial charge is 0.466 e. The number of ether oxygens (including phenoxy) is 2. The second-order valence-electron chi connectivity index (χ2n) is 3.47. The smallest absolute Gasteiger partial charge is 0.313 e. The topological polar surface area (TPSA) is 89.9 Å². The minimum Gasteiger partial charge on any atom is -0.466 e. The van der Waals surface area contributed by atoms with E-state index in [2.05, 4.69) is 9.47 Å². The summed E-state index contributed by atoms with van der Waals surface area (Å²) in [6, 6.07) is 0. The molecule has 8 heteroatoms. The quantitative estimate of drug-likeness (QED) is 0.409. The van der Waals surface area contributed by atoms with E-state index in [9.17, 15) is 14.4 Å². The molecule has 0 saturated heterocycles. The van der Waals surface area contributed by atoms with Crippen LogP contribution in [0.3, 0.4) is 0 Å². The molecule has 0 fully saturated rings. The summed E-state index contributed by atoms with van der Waals surface area (Å²) in [7, 11) is 0. The van der Waals surface area contributed by atoms with Crippen LogP contribution >= 0.6 is 23.2 Å². The Morgan fingerprint density at radius 1 is 1.05 bits per heavy atom. The number of esters is 2. The number of Topliss-reactive ketones (excluding diaryl/α,β-unsaturated/α-hetero) is 1. The molecule has 0 saturated carbocycles.